The zero-order valence-corrected chi connectivity index (χ0v) is 20.9. The van der Waals surface area contributed by atoms with E-state index in [1.807, 2.05) is 72.5 Å². The molecule has 174 valence electrons. The highest BCUT2D eigenvalue weighted by Gasteiger charge is 2.24. The number of rotatable bonds is 9. The molecule has 1 amide bonds. The van der Waals surface area contributed by atoms with Crippen LogP contribution in [-0.2, 0) is 0 Å². The topological polar surface area (TPSA) is 45.7 Å². The third-order valence-electron chi connectivity index (χ3n) is 5.70. The summed E-state index contributed by atoms with van der Waals surface area (Å²) >= 11 is 1.54. The Morgan fingerprint density at radius 1 is 0.939 bits per heavy atom. The van der Waals surface area contributed by atoms with Crippen LogP contribution in [0.1, 0.15) is 31.1 Å². The Morgan fingerprint density at radius 2 is 1.67 bits per heavy atom. The number of carbonyl (C=O) groups is 1. The van der Waals surface area contributed by atoms with E-state index in [0.717, 1.165) is 46.4 Å². The molecule has 7 heteroatoms. The number of carbonyl (C=O) groups excluding carboxylic acids is 1. The van der Waals surface area contributed by atoms with Crippen molar-refractivity contribution in [1.82, 2.24) is 9.88 Å². The van der Waals surface area contributed by atoms with Gasteiger partial charge in [-0.1, -0.05) is 67.6 Å². The highest BCUT2D eigenvalue weighted by Crippen LogP contribution is 2.35. The number of hydrogen-bond acceptors (Lipinski definition) is 5. The maximum Gasteiger partial charge on any atom is 0.260 e. The first kappa shape index (κ1) is 25.0. The van der Waals surface area contributed by atoms with Crippen LogP contribution in [0.5, 0.6) is 5.75 Å². The van der Waals surface area contributed by atoms with Crippen molar-refractivity contribution >= 4 is 55.8 Å². The third kappa shape index (κ3) is 5.29. The van der Waals surface area contributed by atoms with E-state index in [1.165, 1.54) is 11.3 Å². The molecule has 0 aliphatic rings. The number of thiazole rings is 1. The number of halogens is 1. The molecule has 0 saturated heterocycles. The van der Waals surface area contributed by atoms with E-state index in [2.05, 4.69) is 18.7 Å². The van der Waals surface area contributed by atoms with E-state index >= 15 is 0 Å². The first-order valence-corrected chi connectivity index (χ1v) is 12.0. The van der Waals surface area contributed by atoms with E-state index in [9.17, 15) is 4.79 Å². The van der Waals surface area contributed by atoms with Crippen molar-refractivity contribution in [3.05, 3.63) is 66.2 Å². The minimum absolute atomic E-state index is 0. The van der Waals surface area contributed by atoms with Crippen LogP contribution < -0.4 is 9.64 Å². The molecule has 0 spiro atoms. The van der Waals surface area contributed by atoms with Crippen molar-refractivity contribution in [2.45, 2.75) is 20.8 Å². The molecule has 1 aromatic heterocycles. The molecular weight excluding hydrogens is 454 g/mol. The molecule has 33 heavy (non-hydrogen) atoms. The average Bonchev–Trinajstić information content (AvgIpc) is 3.26. The number of para-hydroxylation sites is 1. The smallest absolute Gasteiger partial charge is 0.260 e. The van der Waals surface area contributed by atoms with E-state index in [0.29, 0.717) is 23.8 Å². The lowest BCUT2D eigenvalue weighted by molar-refractivity contribution is 0.0985. The summed E-state index contributed by atoms with van der Waals surface area (Å²) in [5.41, 5.74) is 1.51. The van der Waals surface area contributed by atoms with Gasteiger partial charge in [-0.25, -0.2) is 4.98 Å². The number of ether oxygens (including phenoxy) is 1. The Kier molecular flexibility index (Phi) is 8.67. The number of benzene rings is 3. The Bertz CT molecular complexity index is 1220. The monoisotopic (exact) mass is 483 g/mol. The van der Waals surface area contributed by atoms with Gasteiger partial charge in [0.15, 0.2) is 5.13 Å². The van der Waals surface area contributed by atoms with Crippen LogP contribution in [0.4, 0.5) is 5.13 Å². The van der Waals surface area contributed by atoms with Crippen LogP contribution in [0.25, 0.3) is 21.0 Å². The number of amides is 1. The molecule has 1 heterocycles. The number of anilines is 1. The third-order valence-corrected chi connectivity index (χ3v) is 6.74. The molecule has 4 aromatic rings. The quantitative estimate of drug-likeness (QED) is 0.282. The second-order valence-corrected chi connectivity index (χ2v) is 8.55. The molecule has 0 N–H and O–H groups in total. The van der Waals surface area contributed by atoms with Gasteiger partial charge in [0.1, 0.15) is 11.3 Å². The van der Waals surface area contributed by atoms with Gasteiger partial charge in [0.2, 0.25) is 0 Å². The lowest BCUT2D eigenvalue weighted by atomic mass is 10.0. The van der Waals surface area contributed by atoms with Gasteiger partial charge in [0.25, 0.3) is 5.91 Å². The van der Waals surface area contributed by atoms with Crippen LogP contribution in [0.15, 0.2) is 60.7 Å². The second-order valence-electron chi connectivity index (χ2n) is 7.54. The lowest BCUT2D eigenvalue weighted by Crippen LogP contribution is -2.39. The highest BCUT2D eigenvalue weighted by atomic mass is 35.5. The number of likely N-dealkylation sites (N-methyl/N-ethyl adjacent to an activating group) is 1. The van der Waals surface area contributed by atoms with Gasteiger partial charge in [-0.15, -0.1) is 12.4 Å². The number of nitrogens with zero attached hydrogens (tertiary/aromatic N) is 3. The second kappa shape index (κ2) is 11.5. The largest absolute Gasteiger partial charge is 0.492 e. The summed E-state index contributed by atoms with van der Waals surface area (Å²) in [6.07, 6.45) is 0. The van der Waals surface area contributed by atoms with E-state index in [4.69, 9.17) is 9.72 Å². The van der Waals surface area contributed by atoms with Crippen LogP contribution in [0.3, 0.4) is 0 Å². The molecular formula is C26H30ClN3O2S. The van der Waals surface area contributed by atoms with Crippen LogP contribution in [0, 0.1) is 0 Å². The van der Waals surface area contributed by atoms with Crippen LogP contribution in [-0.4, -0.2) is 48.6 Å². The van der Waals surface area contributed by atoms with Gasteiger partial charge in [0.05, 0.1) is 11.3 Å². The summed E-state index contributed by atoms with van der Waals surface area (Å²) in [5, 5.41) is 2.73. The Hall–Kier alpha value is -2.67. The van der Waals surface area contributed by atoms with Crippen molar-refractivity contribution in [3.63, 3.8) is 0 Å². The molecule has 0 aliphatic carbocycles. The van der Waals surface area contributed by atoms with Crippen LogP contribution in [0.2, 0.25) is 0 Å². The summed E-state index contributed by atoms with van der Waals surface area (Å²) in [4.78, 5) is 22.9. The fourth-order valence-corrected chi connectivity index (χ4v) is 4.93. The number of hydrogen-bond donors (Lipinski definition) is 0. The maximum atomic E-state index is 13.9. The van der Waals surface area contributed by atoms with E-state index in [-0.39, 0.29) is 18.3 Å². The van der Waals surface area contributed by atoms with Crippen molar-refractivity contribution in [1.29, 1.82) is 0 Å². The Balaban J connectivity index is 0.00000306. The number of fused-ring (bicyclic) bond motifs is 2. The lowest BCUT2D eigenvalue weighted by Gasteiger charge is -2.25. The minimum Gasteiger partial charge on any atom is -0.492 e. The molecule has 0 aliphatic heterocycles. The normalized spacial score (nSPS) is 11.0. The van der Waals surface area contributed by atoms with Crippen molar-refractivity contribution in [3.8, 4) is 5.75 Å². The molecule has 0 atom stereocenters. The molecule has 0 radical (unpaired) electrons. The number of aromatic nitrogens is 1. The fourth-order valence-electron chi connectivity index (χ4n) is 3.92. The van der Waals surface area contributed by atoms with E-state index in [1.54, 1.807) is 0 Å². The maximum absolute atomic E-state index is 13.9. The molecule has 3 aromatic carbocycles. The molecule has 5 nitrogen and oxygen atoms in total. The predicted molar refractivity (Wildman–Crippen MR) is 141 cm³/mol. The molecule has 0 fully saturated rings. The summed E-state index contributed by atoms with van der Waals surface area (Å²) in [6.45, 7) is 10.1. The highest BCUT2D eigenvalue weighted by molar-refractivity contribution is 7.22. The molecule has 0 bridgehead atoms. The Labute approximate surface area is 205 Å². The zero-order valence-electron chi connectivity index (χ0n) is 19.3. The average molecular weight is 484 g/mol. The first-order valence-electron chi connectivity index (χ1n) is 11.2. The van der Waals surface area contributed by atoms with Crippen LogP contribution >= 0.6 is 23.7 Å². The van der Waals surface area contributed by atoms with Crippen molar-refractivity contribution in [2.75, 3.05) is 37.7 Å². The SMILES string of the molecule is CCOc1cccc2sc(N(CCN(CC)CC)C(=O)c3cccc4ccccc34)nc12.Cl. The molecule has 4 rings (SSSR count). The molecule has 0 unspecified atom stereocenters. The fraction of sp³-hybridized carbons (Fsp3) is 0.308. The summed E-state index contributed by atoms with van der Waals surface area (Å²) in [7, 11) is 0. The zero-order chi connectivity index (χ0) is 22.5. The first-order chi connectivity index (χ1) is 15.7. The van der Waals surface area contributed by atoms with Gasteiger partial charge in [0, 0.05) is 18.7 Å². The predicted octanol–water partition coefficient (Wildman–Crippen LogP) is 6.26. The summed E-state index contributed by atoms with van der Waals surface area (Å²) < 4.78 is 6.80. The van der Waals surface area contributed by atoms with Gasteiger partial charge >= 0.3 is 0 Å². The van der Waals surface area contributed by atoms with Gasteiger partial charge in [-0.2, -0.15) is 0 Å². The van der Waals surface area contributed by atoms with Crippen molar-refractivity contribution in [2.24, 2.45) is 0 Å². The van der Waals surface area contributed by atoms with Gasteiger partial charge in [-0.05, 0) is 49.0 Å². The standard InChI is InChI=1S/C26H29N3O2S.ClH/c1-4-28(5-2)17-18-29(25(30)21-14-9-12-19-11-7-8-13-20(19)21)26-27-24-22(31-6-3)15-10-16-23(24)32-26;/h7-16H,4-6,17-18H2,1-3H3;1H. The molecule has 0 saturated carbocycles. The van der Waals surface area contributed by atoms with Gasteiger partial charge < -0.3 is 9.64 Å². The summed E-state index contributed by atoms with van der Waals surface area (Å²) in [6, 6.07) is 19.9. The van der Waals surface area contributed by atoms with Gasteiger partial charge in [-0.3, -0.25) is 9.69 Å². The Morgan fingerprint density at radius 3 is 2.42 bits per heavy atom. The minimum atomic E-state index is -0.0222. The van der Waals surface area contributed by atoms with Crippen molar-refractivity contribution < 1.29 is 9.53 Å². The van der Waals surface area contributed by atoms with E-state index < -0.39 is 0 Å². The summed E-state index contributed by atoms with van der Waals surface area (Å²) in [5.74, 6) is 0.736.